The van der Waals surface area contributed by atoms with Crippen LogP contribution >= 0.6 is 11.6 Å². The highest BCUT2D eigenvalue weighted by atomic mass is 35.5. The lowest BCUT2D eigenvalue weighted by Crippen LogP contribution is -2.25. The number of hydrogen-bond donors (Lipinski definition) is 2. The van der Waals surface area contributed by atoms with Crippen LogP contribution in [0, 0.1) is 0 Å². The fourth-order valence-electron chi connectivity index (χ4n) is 2.38. The van der Waals surface area contributed by atoms with Crippen LogP contribution < -0.4 is 10.9 Å². The Kier molecular flexibility index (Phi) is 4.95. The maximum atomic E-state index is 12.3. The van der Waals surface area contributed by atoms with Gasteiger partial charge in [0.2, 0.25) is 5.91 Å². The first-order chi connectivity index (χ1) is 12.0. The molecule has 0 unspecified atom stereocenters. The quantitative estimate of drug-likeness (QED) is 0.683. The van der Waals surface area contributed by atoms with Crippen molar-refractivity contribution in [3.05, 3.63) is 57.8 Å². The highest BCUT2D eigenvalue weighted by Crippen LogP contribution is 2.26. The van der Waals surface area contributed by atoms with Crippen LogP contribution in [-0.2, 0) is 11.3 Å². The SMILES string of the molecule is O=C(CCCn1nnc2ccccc2c1=O)Nc1cc(Cl)ccc1O. The third-order valence-corrected chi connectivity index (χ3v) is 3.87. The number of phenolic OH excluding ortho intramolecular Hbond substituents is 1. The van der Waals surface area contributed by atoms with Crippen molar-refractivity contribution in [3.63, 3.8) is 0 Å². The summed E-state index contributed by atoms with van der Waals surface area (Å²) >= 11 is 5.83. The molecular weight excluding hydrogens is 344 g/mol. The minimum absolute atomic E-state index is 0.0608. The lowest BCUT2D eigenvalue weighted by atomic mass is 10.2. The van der Waals surface area contributed by atoms with Gasteiger partial charge >= 0.3 is 0 Å². The number of fused-ring (bicyclic) bond motifs is 1. The van der Waals surface area contributed by atoms with Crippen LogP contribution in [0.4, 0.5) is 5.69 Å². The van der Waals surface area contributed by atoms with E-state index in [1.165, 1.54) is 22.9 Å². The van der Waals surface area contributed by atoms with Crippen LogP contribution in [0.1, 0.15) is 12.8 Å². The van der Waals surface area contributed by atoms with Crippen LogP contribution in [0.5, 0.6) is 5.75 Å². The maximum Gasteiger partial charge on any atom is 0.277 e. The van der Waals surface area contributed by atoms with Gasteiger partial charge in [-0.1, -0.05) is 28.9 Å². The smallest absolute Gasteiger partial charge is 0.277 e. The summed E-state index contributed by atoms with van der Waals surface area (Å²) in [6, 6.07) is 11.4. The Bertz CT molecular complexity index is 987. The van der Waals surface area contributed by atoms with Gasteiger partial charge in [-0.2, -0.15) is 0 Å². The van der Waals surface area contributed by atoms with Crippen LogP contribution in [0.25, 0.3) is 10.9 Å². The number of carbonyl (C=O) groups is 1. The summed E-state index contributed by atoms with van der Waals surface area (Å²) in [6.45, 7) is 0.269. The van der Waals surface area contributed by atoms with E-state index >= 15 is 0 Å². The molecule has 1 heterocycles. The maximum absolute atomic E-state index is 12.3. The number of rotatable bonds is 5. The number of carbonyl (C=O) groups excluding carboxylic acids is 1. The second kappa shape index (κ2) is 7.31. The summed E-state index contributed by atoms with van der Waals surface area (Å²) < 4.78 is 1.24. The number of phenols is 1. The van der Waals surface area contributed by atoms with E-state index in [1.54, 1.807) is 24.3 Å². The standard InChI is InChI=1S/C17H15ClN4O3/c18-11-7-8-15(23)14(10-11)19-16(24)6-3-9-22-17(25)12-4-1-2-5-13(12)20-21-22/h1-2,4-5,7-8,10,23H,3,6,9H2,(H,19,24). The highest BCUT2D eigenvalue weighted by molar-refractivity contribution is 6.31. The van der Waals surface area contributed by atoms with Gasteiger partial charge in [-0.05, 0) is 36.8 Å². The second-order valence-electron chi connectivity index (χ2n) is 5.45. The molecule has 8 heteroatoms. The number of hydrogen-bond acceptors (Lipinski definition) is 5. The van der Waals surface area contributed by atoms with Gasteiger partial charge < -0.3 is 10.4 Å². The Morgan fingerprint density at radius 2 is 2.04 bits per heavy atom. The van der Waals surface area contributed by atoms with E-state index in [0.29, 0.717) is 22.3 Å². The van der Waals surface area contributed by atoms with Crippen LogP contribution in [-0.4, -0.2) is 26.0 Å². The van der Waals surface area contributed by atoms with Crippen molar-refractivity contribution in [1.82, 2.24) is 15.0 Å². The molecule has 0 spiro atoms. The first-order valence-electron chi connectivity index (χ1n) is 7.65. The molecule has 0 fully saturated rings. The normalized spacial score (nSPS) is 10.8. The van der Waals surface area contributed by atoms with Crippen molar-refractivity contribution in [2.45, 2.75) is 19.4 Å². The van der Waals surface area contributed by atoms with Gasteiger partial charge in [-0.3, -0.25) is 9.59 Å². The van der Waals surface area contributed by atoms with Gasteiger partial charge in [-0.15, -0.1) is 5.10 Å². The number of nitrogens with zero attached hydrogens (tertiary/aromatic N) is 3. The van der Waals surface area contributed by atoms with Crippen molar-refractivity contribution >= 4 is 34.1 Å². The molecule has 3 rings (SSSR count). The number of aromatic hydroxyl groups is 1. The first kappa shape index (κ1) is 16.9. The van der Waals surface area contributed by atoms with Crippen molar-refractivity contribution < 1.29 is 9.90 Å². The predicted octanol–water partition coefficient (Wildman–Crippen LogP) is 2.57. The van der Waals surface area contributed by atoms with E-state index in [-0.39, 0.29) is 35.9 Å². The third kappa shape index (κ3) is 3.95. The van der Waals surface area contributed by atoms with E-state index in [9.17, 15) is 14.7 Å². The largest absolute Gasteiger partial charge is 0.506 e. The lowest BCUT2D eigenvalue weighted by molar-refractivity contribution is -0.116. The first-order valence-corrected chi connectivity index (χ1v) is 8.03. The average Bonchev–Trinajstić information content (AvgIpc) is 2.60. The van der Waals surface area contributed by atoms with Gasteiger partial charge in [0.1, 0.15) is 11.3 Å². The molecule has 0 aliphatic rings. The zero-order valence-corrected chi connectivity index (χ0v) is 13.9. The molecule has 0 radical (unpaired) electrons. The van der Waals surface area contributed by atoms with E-state index in [4.69, 9.17) is 11.6 Å². The zero-order chi connectivity index (χ0) is 17.8. The Hall–Kier alpha value is -2.93. The highest BCUT2D eigenvalue weighted by Gasteiger charge is 2.09. The van der Waals surface area contributed by atoms with E-state index in [0.717, 1.165) is 0 Å². The molecule has 7 nitrogen and oxygen atoms in total. The number of benzene rings is 2. The molecule has 0 saturated heterocycles. The summed E-state index contributed by atoms with van der Waals surface area (Å²) in [5, 5.41) is 21.0. The number of amides is 1. The minimum atomic E-state index is -0.292. The van der Waals surface area contributed by atoms with Crippen molar-refractivity contribution in [3.8, 4) is 5.75 Å². The van der Waals surface area contributed by atoms with E-state index < -0.39 is 0 Å². The molecule has 0 atom stereocenters. The van der Waals surface area contributed by atoms with Gasteiger partial charge in [-0.25, -0.2) is 4.68 Å². The second-order valence-corrected chi connectivity index (χ2v) is 5.88. The molecule has 128 valence electrons. The topological polar surface area (TPSA) is 97.1 Å². The molecule has 25 heavy (non-hydrogen) atoms. The third-order valence-electron chi connectivity index (χ3n) is 3.64. The lowest BCUT2D eigenvalue weighted by Gasteiger charge is -2.08. The Balaban J connectivity index is 1.61. The fourth-order valence-corrected chi connectivity index (χ4v) is 2.55. The number of nitrogens with one attached hydrogen (secondary N) is 1. The van der Waals surface area contributed by atoms with Crippen LogP contribution in [0.3, 0.4) is 0 Å². The molecule has 1 aromatic heterocycles. The summed E-state index contributed by atoms with van der Waals surface area (Å²) in [7, 11) is 0. The van der Waals surface area contributed by atoms with Crippen LogP contribution in [0.15, 0.2) is 47.3 Å². The predicted molar refractivity (Wildman–Crippen MR) is 94.8 cm³/mol. The summed E-state index contributed by atoms with van der Waals surface area (Å²) in [5.74, 6) is -0.353. The monoisotopic (exact) mass is 358 g/mol. The van der Waals surface area contributed by atoms with Gasteiger partial charge in [0, 0.05) is 18.0 Å². The molecule has 0 bridgehead atoms. The zero-order valence-electron chi connectivity index (χ0n) is 13.1. The Morgan fingerprint density at radius 1 is 1.24 bits per heavy atom. The molecule has 0 saturated carbocycles. The molecule has 2 aromatic carbocycles. The number of anilines is 1. The number of aryl methyl sites for hydroxylation is 1. The van der Waals surface area contributed by atoms with E-state index in [2.05, 4.69) is 15.6 Å². The molecule has 2 N–H and O–H groups in total. The molecule has 0 aliphatic heterocycles. The number of halogens is 1. The van der Waals surface area contributed by atoms with E-state index in [1.807, 2.05) is 0 Å². The number of aromatic nitrogens is 3. The summed E-state index contributed by atoms with van der Waals surface area (Å²) in [4.78, 5) is 24.3. The Morgan fingerprint density at radius 3 is 2.88 bits per heavy atom. The molecular formula is C17H15ClN4O3. The fraction of sp³-hybridized carbons (Fsp3) is 0.176. The minimum Gasteiger partial charge on any atom is -0.506 e. The molecule has 3 aromatic rings. The van der Waals surface area contributed by atoms with Gasteiger partial charge in [0.25, 0.3) is 5.56 Å². The summed E-state index contributed by atoms with van der Waals surface area (Å²) in [5.41, 5.74) is 0.552. The Labute approximate surface area is 147 Å². The van der Waals surface area contributed by atoms with Crippen molar-refractivity contribution in [2.75, 3.05) is 5.32 Å². The van der Waals surface area contributed by atoms with Crippen molar-refractivity contribution in [1.29, 1.82) is 0 Å². The molecule has 0 aliphatic carbocycles. The van der Waals surface area contributed by atoms with Gasteiger partial charge in [0.05, 0.1) is 11.1 Å². The van der Waals surface area contributed by atoms with Crippen LogP contribution in [0.2, 0.25) is 5.02 Å². The van der Waals surface area contributed by atoms with Gasteiger partial charge in [0.15, 0.2) is 0 Å². The van der Waals surface area contributed by atoms with Crippen molar-refractivity contribution in [2.24, 2.45) is 0 Å². The molecule has 1 amide bonds. The summed E-state index contributed by atoms with van der Waals surface area (Å²) in [6.07, 6.45) is 0.562. The average molecular weight is 359 g/mol.